The lowest BCUT2D eigenvalue weighted by atomic mass is 9.76. The molecule has 126 valence electrons. The van der Waals surface area contributed by atoms with Gasteiger partial charge >= 0.3 is 6.09 Å². The number of nitrogens with zero attached hydrogens (tertiary/aromatic N) is 1. The van der Waals surface area contributed by atoms with Crippen LogP contribution in [0.1, 0.15) is 37.7 Å². The van der Waals surface area contributed by atoms with Crippen LogP contribution in [-0.2, 0) is 16.1 Å². The summed E-state index contributed by atoms with van der Waals surface area (Å²) in [6, 6.07) is 9.80. The minimum Gasteiger partial charge on any atom is -0.445 e. The quantitative estimate of drug-likeness (QED) is 0.927. The van der Waals surface area contributed by atoms with E-state index in [0.29, 0.717) is 19.4 Å². The Morgan fingerprint density at radius 3 is 2.52 bits per heavy atom. The molecular weight excluding hydrogens is 294 g/mol. The number of methoxy groups -OCH3 is 1. The number of rotatable bonds is 4. The van der Waals surface area contributed by atoms with E-state index in [9.17, 15) is 9.90 Å². The van der Waals surface area contributed by atoms with E-state index in [0.717, 1.165) is 24.8 Å². The van der Waals surface area contributed by atoms with Gasteiger partial charge in [-0.25, -0.2) is 4.79 Å². The minimum absolute atomic E-state index is 0.0472. The van der Waals surface area contributed by atoms with Crippen LogP contribution in [0.4, 0.5) is 4.79 Å². The van der Waals surface area contributed by atoms with Crippen molar-refractivity contribution in [3.05, 3.63) is 35.9 Å². The topological polar surface area (TPSA) is 59.0 Å². The van der Waals surface area contributed by atoms with Crippen LogP contribution in [0.3, 0.4) is 0 Å². The fourth-order valence-electron chi connectivity index (χ4n) is 4.01. The SMILES string of the molecule is COCC1(O)CC2CCCC(C1)N2C(=O)OCc1ccccc1. The molecule has 2 unspecified atom stereocenters. The Balaban J connectivity index is 1.64. The number of amides is 1. The molecular formula is C18H25NO4. The van der Waals surface area contributed by atoms with Gasteiger partial charge in [0.25, 0.3) is 0 Å². The molecule has 0 spiro atoms. The number of hydrogen-bond donors (Lipinski definition) is 1. The van der Waals surface area contributed by atoms with Crippen molar-refractivity contribution in [3.8, 4) is 0 Å². The molecule has 0 aromatic heterocycles. The average Bonchev–Trinajstić information content (AvgIpc) is 2.53. The number of piperidine rings is 2. The second-order valence-electron chi connectivity index (χ2n) is 6.75. The van der Waals surface area contributed by atoms with Gasteiger partial charge in [-0.3, -0.25) is 0 Å². The van der Waals surface area contributed by atoms with Crippen LogP contribution in [-0.4, -0.2) is 47.5 Å². The summed E-state index contributed by atoms with van der Waals surface area (Å²) in [4.78, 5) is 14.4. The zero-order valence-corrected chi connectivity index (χ0v) is 13.6. The molecule has 2 heterocycles. The lowest BCUT2D eigenvalue weighted by Gasteiger charge is -2.51. The second-order valence-corrected chi connectivity index (χ2v) is 6.75. The van der Waals surface area contributed by atoms with Gasteiger partial charge in [0.2, 0.25) is 0 Å². The van der Waals surface area contributed by atoms with Gasteiger partial charge in [-0.2, -0.15) is 0 Å². The highest BCUT2D eigenvalue weighted by Crippen LogP contribution is 2.39. The van der Waals surface area contributed by atoms with Crippen LogP contribution in [0.15, 0.2) is 30.3 Å². The summed E-state index contributed by atoms with van der Waals surface area (Å²) in [7, 11) is 1.61. The minimum atomic E-state index is -0.819. The van der Waals surface area contributed by atoms with E-state index in [4.69, 9.17) is 9.47 Å². The van der Waals surface area contributed by atoms with Crippen LogP contribution in [0.5, 0.6) is 0 Å². The molecule has 1 amide bonds. The summed E-state index contributed by atoms with van der Waals surface area (Å²) in [5, 5.41) is 10.7. The Morgan fingerprint density at radius 1 is 1.26 bits per heavy atom. The van der Waals surface area contributed by atoms with Crippen molar-refractivity contribution in [1.82, 2.24) is 4.90 Å². The molecule has 0 saturated carbocycles. The smallest absolute Gasteiger partial charge is 0.410 e. The molecule has 1 N–H and O–H groups in total. The van der Waals surface area contributed by atoms with E-state index >= 15 is 0 Å². The average molecular weight is 319 g/mol. The summed E-state index contributed by atoms with van der Waals surface area (Å²) in [5.41, 5.74) is 0.166. The molecule has 1 aromatic rings. The highest BCUT2D eigenvalue weighted by atomic mass is 16.6. The third-order valence-corrected chi connectivity index (χ3v) is 4.92. The lowest BCUT2D eigenvalue weighted by Crippen LogP contribution is -2.61. The van der Waals surface area contributed by atoms with E-state index < -0.39 is 5.60 Å². The van der Waals surface area contributed by atoms with Crippen molar-refractivity contribution in [2.75, 3.05) is 13.7 Å². The summed E-state index contributed by atoms with van der Waals surface area (Å²) < 4.78 is 10.7. The number of benzene rings is 1. The summed E-state index contributed by atoms with van der Waals surface area (Å²) in [6.07, 6.45) is 3.81. The van der Waals surface area contributed by atoms with E-state index in [2.05, 4.69) is 0 Å². The maximum Gasteiger partial charge on any atom is 0.410 e. The Morgan fingerprint density at radius 2 is 1.91 bits per heavy atom. The van der Waals surface area contributed by atoms with Crippen molar-refractivity contribution in [3.63, 3.8) is 0 Å². The number of ether oxygens (including phenoxy) is 2. The first-order chi connectivity index (χ1) is 11.1. The van der Waals surface area contributed by atoms with Gasteiger partial charge < -0.3 is 19.5 Å². The Bertz CT molecular complexity index is 519. The monoisotopic (exact) mass is 319 g/mol. The zero-order valence-electron chi connectivity index (χ0n) is 13.6. The van der Waals surface area contributed by atoms with Crippen LogP contribution < -0.4 is 0 Å². The van der Waals surface area contributed by atoms with Gasteiger partial charge in [-0.15, -0.1) is 0 Å². The van der Waals surface area contributed by atoms with Gasteiger partial charge in [0.1, 0.15) is 6.61 Å². The zero-order chi connectivity index (χ0) is 16.3. The van der Waals surface area contributed by atoms with E-state index in [1.54, 1.807) is 7.11 Å². The van der Waals surface area contributed by atoms with Crippen molar-refractivity contribution >= 4 is 6.09 Å². The predicted octanol–water partition coefficient (Wildman–Crippen LogP) is 2.72. The highest BCUT2D eigenvalue weighted by Gasteiger charge is 2.47. The van der Waals surface area contributed by atoms with E-state index in [1.807, 2.05) is 35.2 Å². The largest absolute Gasteiger partial charge is 0.445 e. The molecule has 3 rings (SSSR count). The van der Waals surface area contributed by atoms with Gasteiger partial charge in [-0.05, 0) is 37.7 Å². The van der Waals surface area contributed by atoms with Crippen molar-refractivity contribution in [1.29, 1.82) is 0 Å². The molecule has 2 fully saturated rings. The number of aliphatic hydroxyl groups is 1. The molecule has 2 bridgehead atoms. The van der Waals surface area contributed by atoms with Crippen LogP contribution in [0, 0.1) is 0 Å². The van der Waals surface area contributed by atoms with E-state index in [-0.39, 0.29) is 24.8 Å². The summed E-state index contributed by atoms with van der Waals surface area (Å²) in [5.74, 6) is 0. The molecule has 2 atom stereocenters. The fourth-order valence-corrected chi connectivity index (χ4v) is 4.01. The Labute approximate surface area is 137 Å². The molecule has 5 nitrogen and oxygen atoms in total. The van der Waals surface area contributed by atoms with Gasteiger partial charge in [0, 0.05) is 19.2 Å². The summed E-state index contributed by atoms with van der Waals surface area (Å²) >= 11 is 0. The number of hydrogen-bond acceptors (Lipinski definition) is 4. The lowest BCUT2D eigenvalue weighted by molar-refractivity contribution is -0.115. The molecule has 2 aliphatic rings. The normalized spacial score (nSPS) is 30.1. The van der Waals surface area contributed by atoms with Crippen molar-refractivity contribution < 1.29 is 19.4 Å². The third kappa shape index (κ3) is 3.67. The maximum atomic E-state index is 12.5. The van der Waals surface area contributed by atoms with E-state index in [1.165, 1.54) is 0 Å². The highest BCUT2D eigenvalue weighted by molar-refractivity contribution is 5.69. The van der Waals surface area contributed by atoms with Gasteiger partial charge in [0.15, 0.2) is 0 Å². The first-order valence-electron chi connectivity index (χ1n) is 8.32. The number of carbonyl (C=O) groups excluding carboxylic acids is 1. The molecule has 0 radical (unpaired) electrons. The maximum absolute atomic E-state index is 12.5. The van der Waals surface area contributed by atoms with Crippen molar-refractivity contribution in [2.24, 2.45) is 0 Å². The first kappa shape index (κ1) is 16.3. The van der Waals surface area contributed by atoms with Gasteiger partial charge in [0.05, 0.1) is 12.2 Å². The van der Waals surface area contributed by atoms with Crippen LogP contribution >= 0.6 is 0 Å². The Kier molecular flexibility index (Phi) is 4.87. The molecule has 2 aliphatic heterocycles. The Hall–Kier alpha value is -1.59. The molecule has 0 aliphatic carbocycles. The fraction of sp³-hybridized carbons (Fsp3) is 0.611. The molecule has 23 heavy (non-hydrogen) atoms. The second kappa shape index (κ2) is 6.89. The third-order valence-electron chi connectivity index (χ3n) is 4.92. The first-order valence-corrected chi connectivity index (χ1v) is 8.32. The van der Waals surface area contributed by atoms with Crippen LogP contribution in [0.2, 0.25) is 0 Å². The number of fused-ring (bicyclic) bond motifs is 2. The standard InChI is InChI=1S/C18H25NO4/c1-22-13-18(21)10-15-8-5-9-16(11-18)19(15)17(20)23-12-14-6-3-2-4-7-14/h2-4,6-7,15-16,21H,5,8-13H2,1H3. The van der Waals surface area contributed by atoms with Gasteiger partial charge in [-0.1, -0.05) is 30.3 Å². The molecule has 1 aromatic carbocycles. The summed E-state index contributed by atoms with van der Waals surface area (Å²) in [6.45, 7) is 0.616. The molecule has 2 saturated heterocycles. The predicted molar refractivity (Wildman–Crippen MR) is 86.0 cm³/mol. The number of carbonyl (C=O) groups is 1. The molecule has 5 heteroatoms. The van der Waals surface area contributed by atoms with Crippen molar-refractivity contribution in [2.45, 2.75) is 56.4 Å². The van der Waals surface area contributed by atoms with Crippen LogP contribution in [0.25, 0.3) is 0 Å².